The van der Waals surface area contributed by atoms with Crippen LogP contribution >= 0.6 is 11.6 Å². The highest BCUT2D eigenvalue weighted by Gasteiger charge is 2.14. The zero-order valence-electron chi connectivity index (χ0n) is 9.83. The summed E-state index contributed by atoms with van der Waals surface area (Å²) >= 11 is 5.70. The summed E-state index contributed by atoms with van der Waals surface area (Å²) in [5.41, 5.74) is 0. The molecular weight excluding hydrogens is 224 g/mol. The van der Waals surface area contributed by atoms with Gasteiger partial charge in [-0.05, 0) is 24.5 Å². The second-order valence-electron chi connectivity index (χ2n) is 4.38. The van der Waals surface area contributed by atoms with Gasteiger partial charge in [-0.2, -0.15) is 0 Å². The van der Waals surface area contributed by atoms with Gasteiger partial charge < -0.3 is 5.32 Å². The molecule has 1 atom stereocenters. The summed E-state index contributed by atoms with van der Waals surface area (Å²) in [6.45, 7) is 6.12. The molecule has 16 heavy (non-hydrogen) atoms. The average molecular weight is 241 g/mol. The molecule has 0 bridgehead atoms. The SMILES string of the molecule is CC(C)CC(C)C(=O)Nc1ccc(Cl)cn1. The maximum Gasteiger partial charge on any atom is 0.228 e. The van der Waals surface area contributed by atoms with Gasteiger partial charge >= 0.3 is 0 Å². The van der Waals surface area contributed by atoms with E-state index < -0.39 is 0 Å². The van der Waals surface area contributed by atoms with E-state index in [0.717, 1.165) is 6.42 Å². The summed E-state index contributed by atoms with van der Waals surface area (Å²) in [7, 11) is 0. The van der Waals surface area contributed by atoms with Gasteiger partial charge in [0, 0.05) is 12.1 Å². The second-order valence-corrected chi connectivity index (χ2v) is 4.82. The highest BCUT2D eigenvalue weighted by Crippen LogP contribution is 2.14. The number of nitrogens with one attached hydrogen (secondary N) is 1. The van der Waals surface area contributed by atoms with E-state index in [2.05, 4.69) is 24.1 Å². The van der Waals surface area contributed by atoms with Gasteiger partial charge in [0.15, 0.2) is 0 Å². The van der Waals surface area contributed by atoms with Crippen molar-refractivity contribution >= 4 is 23.3 Å². The quantitative estimate of drug-likeness (QED) is 0.877. The van der Waals surface area contributed by atoms with Crippen LogP contribution in [0.3, 0.4) is 0 Å². The fourth-order valence-electron chi connectivity index (χ4n) is 1.51. The van der Waals surface area contributed by atoms with Crippen molar-refractivity contribution in [3.63, 3.8) is 0 Å². The molecular formula is C12H17ClN2O. The number of carbonyl (C=O) groups excluding carboxylic acids is 1. The van der Waals surface area contributed by atoms with Crippen molar-refractivity contribution in [2.24, 2.45) is 11.8 Å². The topological polar surface area (TPSA) is 42.0 Å². The van der Waals surface area contributed by atoms with E-state index in [0.29, 0.717) is 16.8 Å². The van der Waals surface area contributed by atoms with Crippen LogP contribution in [-0.4, -0.2) is 10.9 Å². The lowest BCUT2D eigenvalue weighted by Crippen LogP contribution is -2.22. The number of pyridine rings is 1. The van der Waals surface area contributed by atoms with Gasteiger partial charge in [0.05, 0.1) is 5.02 Å². The number of hydrogen-bond acceptors (Lipinski definition) is 2. The van der Waals surface area contributed by atoms with Crippen LogP contribution in [0.25, 0.3) is 0 Å². The molecule has 4 heteroatoms. The number of nitrogens with zero attached hydrogens (tertiary/aromatic N) is 1. The maximum absolute atomic E-state index is 11.7. The van der Waals surface area contributed by atoms with E-state index in [1.54, 1.807) is 12.1 Å². The van der Waals surface area contributed by atoms with Gasteiger partial charge in [-0.1, -0.05) is 32.4 Å². The number of aromatic nitrogens is 1. The molecule has 88 valence electrons. The van der Waals surface area contributed by atoms with Crippen molar-refractivity contribution in [1.29, 1.82) is 0 Å². The zero-order valence-corrected chi connectivity index (χ0v) is 10.6. The largest absolute Gasteiger partial charge is 0.310 e. The molecule has 0 saturated heterocycles. The zero-order chi connectivity index (χ0) is 12.1. The van der Waals surface area contributed by atoms with Crippen LogP contribution in [0, 0.1) is 11.8 Å². The molecule has 0 aliphatic heterocycles. The Morgan fingerprint density at radius 3 is 2.62 bits per heavy atom. The Morgan fingerprint density at radius 2 is 2.12 bits per heavy atom. The molecule has 0 aromatic carbocycles. The molecule has 0 radical (unpaired) electrons. The maximum atomic E-state index is 11.7. The van der Waals surface area contributed by atoms with Gasteiger partial charge in [-0.3, -0.25) is 4.79 Å². The first kappa shape index (κ1) is 13.0. The van der Waals surface area contributed by atoms with Crippen molar-refractivity contribution in [3.05, 3.63) is 23.4 Å². The van der Waals surface area contributed by atoms with E-state index in [-0.39, 0.29) is 11.8 Å². The van der Waals surface area contributed by atoms with E-state index in [9.17, 15) is 4.79 Å². The minimum Gasteiger partial charge on any atom is -0.310 e. The molecule has 1 aromatic heterocycles. The Labute approximate surface area is 101 Å². The summed E-state index contributed by atoms with van der Waals surface area (Å²) in [4.78, 5) is 15.8. The summed E-state index contributed by atoms with van der Waals surface area (Å²) < 4.78 is 0. The van der Waals surface area contributed by atoms with Crippen molar-refractivity contribution in [2.45, 2.75) is 27.2 Å². The minimum atomic E-state index is -0.00234. The standard InChI is InChI=1S/C12H17ClN2O/c1-8(2)6-9(3)12(16)15-11-5-4-10(13)7-14-11/h4-5,7-9H,6H2,1-3H3,(H,14,15,16). The van der Waals surface area contributed by atoms with Crippen molar-refractivity contribution in [2.75, 3.05) is 5.32 Å². The summed E-state index contributed by atoms with van der Waals surface area (Å²) in [5.74, 6) is 1.06. The van der Waals surface area contributed by atoms with Crippen LogP contribution in [-0.2, 0) is 4.79 Å². The first-order chi connectivity index (χ1) is 7.49. The lowest BCUT2D eigenvalue weighted by atomic mass is 9.98. The highest BCUT2D eigenvalue weighted by atomic mass is 35.5. The number of rotatable bonds is 4. The smallest absolute Gasteiger partial charge is 0.228 e. The number of anilines is 1. The van der Waals surface area contributed by atoms with Crippen LogP contribution in [0.5, 0.6) is 0 Å². The molecule has 3 nitrogen and oxygen atoms in total. The highest BCUT2D eigenvalue weighted by molar-refractivity contribution is 6.30. The predicted octanol–water partition coefficient (Wildman–Crippen LogP) is 3.36. The average Bonchev–Trinajstić information content (AvgIpc) is 2.20. The molecule has 0 saturated carbocycles. The second kappa shape index (κ2) is 5.85. The molecule has 1 aromatic rings. The van der Waals surface area contributed by atoms with E-state index in [4.69, 9.17) is 11.6 Å². The lowest BCUT2D eigenvalue weighted by molar-refractivity contribution is -0.119. The Hall–Kier alpha value is -1.09. The monoisotopic (exact) mass is 240 g/mol. The van der Waals surface area contributed by atoms with Gasteiger partial charge in [0.25, 0.3) is 0 Å². The first-order valence-electron chi connectivity index (χ1n) is 5.41. The van der Waals surface area contributed by atoms with Crippen molar-refractivity contribution in [1.82, 2.24) is 4.98 Å². The fourth-order valence-corrected chi connectivity index (χ4v) is 1.63. The van der Waals surface area contributed by atoms with Crippen LogP contribution in [0.2, 0.25) is 5.02 Å². The molecule has 0 spiro atoms. The van der Waals surface area contributed by atoms with Gasteiger partial charge in [0.1, 0.15) is 5.82 Å². The molecule has 1 amide bonds. The molecule has 0 aliphatic carbocycles. The van der Waals surface area contributed by atoms with Gasteiger partial charge in [0.2, 0.25) is 5.91 Å². The number of carbonyl (C=O) groups is 1. The Balaban J connectivity index is 2.54. The van der Waals surface area contributed by atoms with Crippen LogP contribution < -0.4 is 5.32 Å². The third-order valence-corrected chi connectivity index (χ3v) is 2.47. The Kier molecular flexibility index (Phi) is 4.74. The van der Waals surface area contributed by atoms with Gasteiger partial charge in [-0.25, -0.2) is 4.98 Å². The van der Waals surface area contributed by atoms with Gasteiger partial charge in [-0.15, -0.1) is 0 Å². The Morgan fingerprint density at radius 1 is 1.44 bits per heavy atom. The van der Waals surface area contributed by atoms with Crippen molar-refractivity contribution < 1.29 is 4.79 Å². The lowest BCUT2D eigenvalue weighted by Gasteiger charge is -2.13. The van der Waals surface area contributed by atoms with Crippen LogP contribution in [0.1, 0.15) is 27.2 Å². The summed E-state index contributed by atoms with van der Waals surface area (Å²) in [6.07, 6.45) is 2.39. The summed E-state index contributed by atoms with van der Waals surface area (Å²) in [6, 6.07) is 3.40. The van der Waals surface area contributed by atoms with Crippen LogP contribution in [0.4, 0.5) is 5.82 Å². The molecule has 1 N–H and O–H groups in total. The number of amides is 1. The molecule has 1 heterocycles. The van der Waals surface area contributed by atoms with E-state index in [1.807, 2.05) is 6.92 Å². The van der Waals surface area contributed by atoms with E-state index in [1.165, 1.54) is 6.20 Å². The Bertz CT molecular complexity index is 349. The molecule has 0 aliphatic rings. The van der Waals surface area contributed by atoms with Crippen molar-refractivity contribution in [3.8, 4) is 0 Å². The third-order valence-electron chi connectivity index (χ3n) is 2.25. The third kappa shape index (κ3) is 4.19. The van der Waals surface area contributed by atoms with Crippen LogP contribution in [0.15, 0.2) is 18.3 Å². The summed E-state index contributed by atoms with van der Waals surface area (Å²) in [5, 5.41) is 3.33. The minimum absolute atomic E-state index is 0.00234. The number of hydrogen-bond donors (Lipinski definition) is 1. The first-order valence-corrected chi connectivity index (χ1v) is 5.79. The normalized spacial score (nSPS) is 12.6. The molecule has 0 fully saturated rings. The molecule has 1 rings (SSSR count). The number of halogens is 1. The fraction of sp³-hybridized carbons (Fsp3) is 0.500. The predicted molar refractivity (Wildman–Crippen MR) is 66.5 cm³/mol. The molecule has 1 unspecified atom stereocenters. The van der Waals surface area contributed by atoms with E-state index >= 15 is 0 Å².